The second-order valence-corrected chi connectivity index (χ2v) is 2.21. The lowest BCUT2D eigenvalue weighted by Crippen LogP contribution is -2.23. The van der Waals surface area contributed by atoms with Gasteiger partial charge in [-0.3, -0.25) is 0 Å². The van der Waals surface area contributed by atoms with Gasteiger partial charge in [0.05, 0.1) is 12.4 Å². The van der Waals surface area contributed by atoms with Gasteiger partial charge in [-0.15, -0.1) is 9.78 Å². The Balaban J connectivity index is 2.42. The van der Waals surface area contributed by atoms with E-state index in [1.54, 1.807) is 0 Å². The van der Waals surface area contributed by atoms with E-state index in [9.17, 15) is 13.6 Å². The molecule has 72 valence electrons. The minimum absolute atomic E-state index is 0.143. The summed E-state index contributed by atoms with van der Waals surface area (Å²) in [6, 6.07) is -1.00. The van der Waals surface area contributed by atoms with E-state index in [2.05, 4.69) is 20.6 Å². The molecule has 7 nitrogen and oxygen atoms in total. The number of carbonyl (C=O) groups excluding carboxylic acids is 1. The van der Waals surface area contributed by atoms with Crippen molar-refractivity contribution in [1.82, 2.24) is 30.0 Å². The standard InChI is InChI=1S/C5H2F2N6O/c6-3-4(7)13(11-9-3)5(14)12-2-1-8-10-12/h1-2H. The third-order valence-corrected chi connectivity index (χ3v) is 1.38. The maximum absolute atomic E-state index is 12.8. The molecular formula is C5H2F2N6O. The van der Waals surface area contributed by atoms with Gasteiger partial charge in [0.15, 0.2) is 0 Å². The third kappa shape index (κ3) is 1.14. The predicted molar refractivity (Wildman–Crippen MR) is 36.2 cm³/mol. The van der Waals surface area contributed by atoms with Crippen LogP contribution in [0.2, 0.25) is 0 Å². The first-order valence-corrected chi connectivity index (χ1v) is 3.38. The summed E-state index contributed by atoms with van der Waals surface area (Å²) in [7, 11) is 0. The van der Waals surface area contributed by atoms with E-state index < -0.39 is 17.9 Å². The zero-order chi connectivity index (χ0) is 10.1. The van der Waals surface area contributed by atoms with E-state index in [1.165, 1.54) is 12.4 Å². The van der Waals surface area contributed by atoms with Gasteiger partial charge in [-0.05, 0) is 0 Å². The second kappa shape index (κ2) is 2.94. The van der Waals surface area contributed by atoms with Crippen LogP contribution >= 0.6 is 0 Å². The van der Waals surface area contributed by atoms with Gasteiger partial charge >= 0.3 is 6.03 Å². The van der Waals surface area contributed by atoms with Crippen molar-refractivity contribution >= 4 is 6.03 Å². The van der Waals surface area contributed by atoms with E-state index in [0.29, 0.717) is 4.68 Å². The van der Waals surface area contributed by atoms with E-state index in [0.717, 1.165) is 0 Å². The zero-order valence-electron chi connectivity index (χ0n) is 6.50. The van der Waals surface area contributed by atoms with Crippen molar-refractivity contribution in [3.05, 3.63) is 24.3 Å². The van der Waals surface area contributed by atoms with Gasteiger partial charge in [-0.1, -0.05) is 15.5 Å². The van der Waals surface area contributed by atoms with Crippen molar-refractivity contribution in [1.29, 1.82) is 0 Å². The SMILES string of the molecule is O=C(n1ccnn1)n1nnc(F)c1F. The van der Waals surface area contributed by atoms with Gasteiger partial charge in [0.2, 0.25) is 0 Å². The summed E-state index contributed by atoms with van der Waals surface area (Å²) in [5.41, 5.74) is 0. The van der Waals surface area contributed by atoms with Crippen LogP contribution in [0.5, 0.6) is 0 Å². The lowest BCUT2D eigenvalue weighted by molar-refractivity contribution is 0.232. The summed E-state index contributed by atoms with van der Waals surface area (Å²) < 4.78 is 26.0. The van der Waals surface area contributed by atoms with Crippen LogP contribution < -0.4 is 0 Å². The normalized spacial score (nSPS) is 10.4. The fraction of sp³-hybridized carbons (Fsp3) is 0. The summed E-state index contributed by atoms with van der Waals surface area (Å²) in [6.07, 6.45) is 2.38. The largest absolute Gasteiger partial charge is 0.374 e. The average molecular weight is 200 g/mol. The van der Waals surface area contributed by atoms with Crippen molar-refractivity contribution in [3.8, 4) is 0 Å². The molecule has 0 atom stereocenters. The fourth-order valence-electron chi connectivity index (χ4n) is 0.781. The molecule has 14 heavy (non-hydrogen) atoms. The Hall–Kier alpha value is -2.19. The first-order valence-electron chi connectivity index (χ1n) is 3.38. The van der Waals surface area contributed by atoms with Crippen LogP contribution in [-0.4, -0.2) is 36.0 Å². The molecule has 0 aromatic carbocycles. The monoisotopic (exact) mass is 200 g/mol. The summed E-state index contributed by atoms with van der Waals surface area (Å²) in [5.74, 6) is -2.91. The van der Waals surface area contributed by atoms with Crippen molar-refractivity contribution < 1.29 is 13.6 Å². The highest BCUT2D eigenvalue weighted by atomic mass is 19.2. The van der Waals surface area contributed by atoms with Crippen LogP contribution in [0.3, 0.4) is 0 Å². The Bertz CT molecular complexity index is 463. The minimum atomic E-state index is -1.47. The Morgan fingerprint density at radius 3 is 2.64 bits per heavy atom. The molecule has 0 aliphatic carbocycles. The zero-order valence-corrected chi connectivity index (χ0v) is 6.50. The van der Waals surface area contributed by atoms with Crippen molar-refractivity contribution in [2.75, 3.05) is 0 Å². The van der Waals surface area contributed by atoms with E-state index in [4.69, 9.17) is 0 Å². The molecule has 9 heteroatoms. The number of halogens is 2. The summed E-state index contributed by atoms with van der Waals surface area (Å²) >= 11 is 0. The highest BCUT2D eigenvalue weighted by Gasteiger charge is 2.19. The Kier molecular flexibility index (Phi) is 1.77. The molecule has 0 spiro atoms. The summed E-state index contributed by atoms with van der Waals surface area (Å²) in [6.45, 7) is 0. The highest BCUT2D eigenvalue weighted by molar-refractivity contribution is 5.76. The molecular weight excluding hydrogens is 198 g/mol. The molecule has 0 bridgehead atoms. The quantitative estimate of drug-likeness (QED) is 0.581. The van der Waals surface area contributed by atoms with Gasteiger partial charge in [-0.2, -0.15) is 13.5 Å². The molecule has 0 saturated carbocycles. The van der Waals surface area contributed by atoms with Gasteiger partial charge in [-0.25, -0.2) is 4.79 Å². The van der Waals surface area contributed by atoms with E-state index in [1.807, 2.05) is 0 Å². The fourth-order valence-corrected chi connectivity index (χ4v) is 0.781. The second-order valence-electron chi connectivity index (χ2n) is 2.21. The Morgan fingerprint density at radius 2 is 2.14 bits per heavy atom. The minimum Gasteiger partial charge on any atom is -0.243 e. The first kappa shape index (κ1) is 8.41. The lowest BCUT2D eigenvalue weighted by Gasteiger charge is -1.96. The topological polar surface area (TPSA) is 78.5 Å². The molecule has 2 aromatic heterocycles. The molecule has 0 amide bonds. The van der Waals surface area contributed by atoms with Crippen molar-refractivity contribution in [2.45, 2.75) is 0 Å². The number of aromatic nitrogens is 6. The number of rotatable bonds is 0. The molecule has 0 unspecified atom stereocenters. The number of hydrogen-bond acceptors (Lipinski definition) is 5. The summed E-state index contributed by atoms with van der Waals surface area (Å²) in [5, 5.41) is 12.3. The smallest absolute Gasteiger partial charge is 0.243 e. The first-order chi connectivity index (χ1) is 6.70. The number of nitrogens with zero attached hydrogens (tertiary/aromatic N) is 6. The Labute approximate surface area is 74.9 Å². The molecule has 0 saturated heterocycles. The lowest BCUT2D eigenvalue weighted by atomic mass is 10.8. The molecule has 2 heterocycles. The van der Waals surface area contributed by atoms with Crippen LogP contribution in [0.15, 0.2) is 12.4 Å². The van der Waals surface area contributed by atoms with E-state index >= 15 is 0 Å². The van der Waals surface area contributed by atoms with Crippen LogP contribution in [-0.2, 0) is 0 Å². The van der Waals surface area contributed by atoms with E-state index in [-0.39, 0.29) is 4.68 Å². The maximum atomic E-state index is 12.8. The van der Waals surface area contributed by atoms with Crippen molar-refractivity contribution in [2.24, 2.45) is 0 Å². The van der Waals surface area contributed by atoms with Crippen LogP contribution in [0.25, 0.3) is 0 Å². The molecule has 0 N–H and O–H groups in total. The maximum Gasteiger partial charge on any atom is 0.374 e. The van der Waals surface area contributed by atoms with Gasteiger partial charge < -0.3 is 0 Å². The average Bonchev–Trinajstić information content (AvgIpc) is 2.77. The molecule has 0 fully saturated rings. The van der Waals surface area contributed by atoms with Crippen molar-refractivity contribution in [3.63, 3.8) is 0 Å². The number of hydrogen-bond donors (Lipinski definition) is 0. The highest BCUT2D eigenvalue weighted by Crippen LogP contribution is 2.00. The molecule has 2 rings (SSSR count). The molecule has 2 aromatic rings. The molecule has 0 aliphatic heterocycles. The van der Waals surface area contributed by atoms with Crippen LogP contribution in [0, 0.1) is 11.9 Å². The molecule has 0 aliphatic rings. The predicted octanol–water partition coefficient (Wildman–Crippen LogP) is -0.336. The number of carbonyl (C=O) groups is 1. The Morgan fingerprint density at radius 1 is 1.36 bits per heavy atom. The van der Waals surface area contributed by atoms with Gasteiger partial charge in [0.25, 0.3) is 11.9 Å². The summed E-state index contributed by atoms with van der Waals surface area (Å²) in [4.78, 5) is 11.3. The van der Waals surface area contributed by atoms with Gasteiger partial charge in [0, 0.05) is 0 Å². The third-order valence-electron chi connectivity index (χ3n) is 1.38. The molecule has 0 radical (unpaired) electrons. The van der Waals surface area contributed by atoms with Crippen LogP contribution in [0.1, 0.15) is 0 Å². The van der Waals surface area contributed by atoms with Crippen LogP contribution in [0.4, 0.5) is 13.6 Å². The van der Waals surface area contributed by atoms with Gasteiger partial charge in [0.1, 0.15) is 0 Å².